The molecule has 1 heterocycles. The van der Waals surface area contributed by atoms with Gasteiger partial charge in [-0.2, -0.15) is 0 Å². The maximum absolute atomic E-state index is 11.4. The van der Waals surface area contributed by atoms with Crippen LogP contribution in [0.25, 0.3) is 0 Å². The number of carboxylic acids is 1. The molecule has 0 fully saturated rings. The fourth-order valence-electron chi connectivity index (χ4n) is 1.87. The van der Waals surface area contributed by atoms with Crippen LogP contribution in [0.3, 0.4) is 0 Å². The Morgan fingerprint density at radius 1 is 1.35 bits per heavy atom. The van der Waals surface area contributed by atoms with Crippen molar-refractivity contribution in [3.63, 3.8) is 0 Å². The van der Waals surface area contributed by atoms with Crippen LogP contribution in [0.15, 0.2) is 11.6 Å². The molecule has 0 radical (unpaired) electrons. The molecule has 0 spiro atoms. The lowest BCUT2D eigenvalue weighted by Gasteiger charge is -2.11. The second kappa shape index (κ2) is 6.18. The molecular weight excluding hydrogens is 222 g/mol. The Labute approximate surface area is 99.9 Å². The van der Waals surface area contributed by atoms with Crippen molar-refractivity contribution in [3.8, 4) is 0 Å². The summed E-state index contributed by atoms with van der Waals surface area (Å²) in [6.07, 6.45) is 5.32. The lowest BCUT2D eigenvalue weighted by Crippen LogP contribution is -2.27. The highest BCUT2D eigenvalue weighted by atomic mass is 16.4. The maximum atomic E-state index is 11.4. The van der Waals surface area contributed by atoms with Gasteiger partial charge in [-0.1, -0.05) is 32.6 Å². The second-order valence-electron chi connectivity index (χ2n) is 4.16. The predicted octanol–water partition coefficient (Wildman–Crippen LogP) is 1.24. The van der Waals surface area contributed by atoms with Gasteiger partial charge in [-0.25, -0.2) is 0 Å². The molecular formula is C12H17NO4. The van der Waals surface area contributed by atoms with E-state index in [1.807, 2.05) is 0 Å². The summed E-state index contributed by atoms with van der Waals surface area (Å²) in [5, 5.41) is 11.1. The van der Waals surface area contributed by atoms with Gasteiger partial charge in [0.25, 0.3) is 11.8 Å². The van der Waals surface area contributed by atoms with E-state index in [1.165, 1.54) is 0 Å². The molecule has 0 bridgehead atoms. The fourth-order valence-corrected chi connectivity index (χ4v) is 1.87. The Morgan fingerprint density at radius 3 is 2.53 bits per heavy atom. The van der Waals surface area contributed by atoms with Gasteiger partial charge >= 0.3 is 5.97 Å². The van der Waals surface area contributed by atoms with Gasteiger partial charge in [-0.3, -0.25) is 19.7 Å². The normalized spacial score (nSPS) is 16.6. The smallest absolute Gasteiger partial charge is 0.311 e. The predicted molar refractivity (Wildman–Crippen MR) is 61.1 cm³/mol. The third-order valence-electron chi connectivity index (χ3n) is 2.81. The van der Waals surface area contributed by atoms with Crippen molar-refractivity contribution < 1.29 is 19.5 Å². The number of unbranched alkanes of at least 4 members (excludes halogenated alkanes) is 3. The lowest BCUT2D eigenvalue weighted by atomic mass is 9.93. The van der Waals surface area contributed by atoms with E-state index >= 15 is 0 Å². The molecule has 0 aromatic rings. The van der Waals surface area contributed by atoms with Gasteiger partial charge < -0.3 is 5.11 Å². The van der Waals surface area contributed by atoms with Crippen molar-refractivity contribution in [2.75, 3.05) is 0 Å². The topological polar surface area (TPSA) is 83.5 Å². The van der Waals surface area contributed by atoms with Crippen molar-refractivity contribution in [2.45, 2.75) is 39.0 Å². The molecule has 1 aliphatic rings. The van der Waals surface area contributed by atoms with Crippen molar-refractivity contribution in [2.24, 2.45) is 5.92 Å². The van der Waals surface area contributed by atoms with E-state index in [-0.39, 0.29) is 5.57 Å². The van der Waals surface area contributed by atoms with E-state index in [0.717, 1.165) is 31.8 Å². The molecule has 0 saturated heterocycles. The molecule has 94 valence electrons. The summed E-state index contributed by atoms with van der Waals surface area (Å²) in [5.41, 5.74) is 0.0824. The minimum atomic E-state index is -1.04. The first-order chi connectivity index (χ1) is 8.06. The lowest BCUT2D eigenvalue weighted by molar-refractivity contribution is -0.141. The Hall–Kier alpha value is -1.65. The zero-order valence-corrected chi connectivity index (χ0v) is 9.86. The van der Waals surface area contributed by atoms with E-state index in [0.29, 0.717) is 6.42 Å². The number of amides is 2. The number of carbonyl (C=O) groups excluding carboxylic acids is 2. The van der Waals surface area contributed by atoms with Crippen LogP contribution >= 0.6 is 0 Å². The Kier molecular flexibility index (Phi) is 4.87. The largest absolute Gasteiger partial charge is 0.481 e. The second-order valence-corrected chi connectivity index (χ2v) is 4.16. The average Bonchev–Trinajstić information content (AvgIpc) is 2.57. The Morgan fingerprint density at radius 2 is 2.06 bits per heavy atom. The van der Waals surface area contributed by atoms with Crippen LogP contribution in [-0.2, 0) is 14.4 Å². The first-order valence-corrected chi connectivity index (χ1v) is 5.86. The summed E-state index contributed by atoms with van der Waals surface area (Å²) >= 11 is 0. The van der Waals surface area contributed by atoms with Crippen LogP contribution in [0.1, 0.15) is 39.0 Å². The van der Waals surface area contributed by atoms with Gasteiger partial charge in [0.15, 0.2) is 0 Å². The Balaban J connectivity index is 2.60. The van der Waals surface area contributed by atoms with E-state index in [4.69, 9.17) is 5.11 Å². The van der Waals surface area contributed by atoms with Crippen molar-refractivity contribution >= 4 is 17.8 Å². The highest BCUT2D eigenvalue weighted by Crippen LogP contribution is 2.22. The van der Waals surface area contributed by atoms with Crippen LogP contribution in [0.5, 0.6) is 0 Å². The summed E-state index contributed by atoms with van der Waals surface area (Å²) in [7, 11) is 0. The molecule has 0 aromatic carbocycles. The highest BCUT2D eigenvalue weighted by Gasteiger charge is 2.32. The SMILES string of the molecule is CCCCCCC(C(=O)O)C1=CC(=O)NC1=O. The summed E-state index contributed by atoms with van der Waals surface area (Å²) in [6.45, 7) is 2.07. The first kappa shape index (κ1) is 13.4. The molecule has 0 aliphatic carbocycles. The van der Waals surface area contributed by atoms with Crippen molar-refractivity contribution in [1.29, 1.82) is 0 Å². The van der Waals surface area contributed by atoms with Crippen molar-refractivity contribution in [1.82, 2.24) is 5.32 Å². The molecule has 1 atom stereocenters. The fraction of sp³-hybridized carbons (Fsp3) is 0.583. The number of nitrogens with one attached hydrogen (secondary N) is 1. The molecule has 2 amide bonds. The van der Waals surface area contributed by atoms with E-state index < -0.39 is 23.7 Å². The monoisotopic (exact) mass is 239 g/mol. The molecule has 1 unspecified atom stereocenters. The summed E-state index contributed by atoms with van der Waals surface area (Å²) in [4.78, 5) is 33.4. The van der Waals surface area contributed by atoms with Crippen LogP contribution in [0.2, 0.25) is 0 Å². The van der Waals surface area contributed by atoms with Gasteiger partial charge in [-0.05, 0) is 6.42 Å². The highest BCUT2D eigenvalue weighted by molar-refractivity contribution is 6.18. The molecule has 2 N–H and O–H groups in total. The molecule has 17 heavy (non-hydrogen) atoms. The summed E-state index contributed by atoms with van der Waals surface area (Å²) in [5.74, 6) is -3.00. The molecule has 5 nitrogen and oxygen atoms in total. The number of imide groups is 1. The minimum absolute atomic E-state index is 0.0824. The number of carbonyl (C=O) groups is 3. The quantitative estimate of drug-likeness (QED) is 0.517. The summed E-state index contributed by atoms with van der Waals surface area (Å²) < 4.78 is 0. The number of rotatable bonds is 7. The number of aliphatic carboxylic acids is 1. The molecule has 0 aromatic heterocycles. The van der Waals surface area contributed by atoms with Crippen LogP contribution in [0, 0.1) is 5.92 Å². The zero-order chi connectivity index (χ0) is 12.8. The van der Waals surface area contributed by atoms with E-state index in [1.54, 1.807) is 0 Å². The number of hydrogen-bond acceptors (Lipinski definition) is 3. The third kappa shape index (κ3) is 3.69. The van der Waals surface area contributed by atoms with Gasteiger partial charge in [0, 0.05) is 11.6 Å². The van der Waals surface area contributed by atoms with Gasteiger partial charge in [-0.15, -0.1) is 0 Å². The van der Waals surface area contributed by atoms with Crippen LogP contribution < -0.4 is 5.32 Å². The first-order valence-electron chi connectivity index (χ1n) is 5.86. The van der Waals surface area contributed by atoms with Crippen LogP contribution in [0.4, 0.5) is 0 Å². The minimum Gasteiger partial charge on any atom is -0.481 e. The summed E-state index contributed by atoms with van der Waals surface area (Å²) in [6, 6.07) is 0. The van der Waals surface area contributed by atoms with Gasteiger partial charge in [0.05, 0.1) is 5.92 Å². The average molecular weight is 239 g/mol. The third-order valence-corrected chi connectivity index (χ3v) is 2.81. The molecule has 1 aliphatic heterocycles. The number of carboxylic acid groups (broad SMARTS) is 1. The Bertz CT molecular complexity index is 360. The molecule has 0 saturated carbocycles. The standard InChI is InChI=1S/C12H17NO4/c1-2-3-4-5-6-8(12(16)17)9-7-10(14)13-11(9)15/h7-8H,2-6H2,1H3,(H,16,17)(H,13,14,15). The van der Waals surface area contributed by atoms with E-state index in [9.17, 15) is 14.4 Å². The van der Waals surface area contributed by atoms with Crippen molar-refractivity contribution in [3.05, 3.63) is 11.6 Å². The zero-order valence-electron chi connectivity index (χ0n) is 9.86. The maximum Gasteiger partial charge on any atom is 0.311 e. The van der Waals surface area contributed by atoms with Crippen LogP contribution in [-0.4, -0.2) is 22.9 Å². The van der Waals surface area contributed by atoms with Gasteiger partial charge in [0.1, 0.15) is 0 Å². The molecule has 1 rings (SSSR count). The van der Waals surface area contributed by atoms with E-state index in [2.05, 4.69) is 12.2 Å². The number of hydrogen-bond donors (Lipinski definition) is 2. The van der Waals surface area contributed by atoms with Gasteiger partial charge in [0.2, 0.25) is 0 Å². The molecule has 5 heteroatoms.